The number of benzene rings is 2. The molecular formula is C27H28N4OS. The van der Waals surface area contributed by atoms with Crippen LogP contribution in [-0.2, 0) is 12.8 Å². The van der Waals surface area contributed by atoms with Gasteiger partial charge in [-0.25, -0.2) is 0 Å². The van der Waals surface area contributed by atoms with Crippen molar-refractivity contribution in [3.8, 4) is 17.1 Å². The van der Waals surface area contributed by atoms with Gasteiger partial charge in [-0.3, -0.25) is 14.3 Å². The predicted molar refractivity (Wildman–Crippen MR) is 134 cm³/mol. The van der Waals surface area contributed by atoms with E-state index in [1.165, 1.54) is 22.9 Å². The average molecular weight is 457 g/mol. The summed E-state index contributed by atoms with van der Waals surface area (Å²) in [5.74, 6) is 1.13. The number of nitrogens with zero attached hydrogens (tertiary/aromatic N) is 4. The molecule has 2 aromatic heterocycles. The first-order valence-electron chi connectivity index (χ1n) is 11.2. The Labute approximate surface area is 199 Å². The highest BCUT2D eigenvalue weighted by Crippen LogP contribution is 2.32. The molecule has 168 valence electrons. The van der Waals surface area contributed by atoms with Gasteiger partial charge in [0.25, 0.3) is 0 Å². The summed E-state index contributed by atoms with van der Waals surface area (Å²) in [6, 6.07) is 16.3. The van der Waals surface area contributed by atoms with Crippen molar-refractivity contribution in [1.29, 1.82) is 0 Å². The van der Waals surface area contributed by atoms with Crippen LogP contribution in [0.25, 0.3) is 17.1 Å². The molecular weight excluding hydrogens is 428 g/mol. The highest BCUT2D eigenvalue weighted by molar-refractivity contribution is 7.99. The van der Waals surface area contributed by atoms with Crippen LogP contribution >= 0.6 is 11.8 Å². The molecule has 0 aliphatic rings. The Morgan fingerprint density at radius 3 is 2.39 bits per heavy atom. The summed E-state index contributed by atoms with van der Waals surface area (Å²) in [5, 5.41) is 9.77. The molecule has 0 atom stereocenters. The minimum absolute atomic E-state index is 0.0955. The number of aromatic nitrogens is 4. The van der Waals surface area contributed by atoms with Gasteiger partial charge in [0.05, 0.1) is 11.4 Å². The van der Waals surface area contributed by atoms with Crippen LogP contribution in [0.1, 0.15) is 46.5 Å². The summed E-state index contributed by atoms with van der Waals surface area (Å²) in [4.78, 5) is 17.4. The summed E-state index contributed by atoms with van der Waals surface area (Å²) in [6.45, 7) is 8.30. The molecule has 2 heterocycles. The molecule has 33 heavy (non-hydrogen) atoms. The first-order valence-corrected chi connectivity index (χ1v) is 12.2. The maximum absolute atomic E-state index is 13.1. The molecule has 0 bridgehead atoms. The molecule has 2 aromatic carbocycles. The van der Waals surface area contributed by atoms with Crippen molar-refractivity contribution >= 4 is 17.5 Å². The van der Waals surface area contributed by atoms with Gasteiger partial charge in [-0.15, -0.1) is 10.2 Å². The second-order valence-electron chi connectivity index (χ2n) is 8.05. The standard InChI is InChI=1S/C27H28N4OS/c1-5-20-9-7-10-21(6-2)25(20)31-26(22-11-8-14-28-16-22)29-30-27(31)33-17-24(32)23-15-18(3)12-13-19(23)4/h7-16H,5-6,17H2,1-4H3. The van der Waals surface area contributed by atoms with Gasteiger partial charge >= 0.3 is 0 Å². The van der Waals surface area contributed by atoms with Crippen LogP contribution in [0.4, 0.5) is 0 Å². The van der Waals surface area contributed by atoms with Crippen molar-refractivity contribution in [1.82, 2.24) is 19.7 Å². The maximum atomic E-state index is 13.1. The molecule has 0 saturated heterocycles. The topological polar surface area (TPSA) is 60.7 Å². The van der Waals surface area contributed by atoms with Crippen molar-refractivity contribution in [2.75, 3.05) is 5.75 Å². The minimum Gasteiger partial charge on any atom is -0.293 e. The lowest BCUT2D eigenvalue weighted by Crippen LogP contribution is -2.09. The number of hydrogen-bond acceptors (Lipinski definition) is 5. The maximum Gasteiger partial charge on any atom is 0.196 e. The molecule has 0 spiro atoms. The van der Waals surface area contributed by atoms with E-state index in [1.807, 2.05) is 44.2 Å². The first-order chi connectivity index (χ1) is 16.0. The lowest BCUT2D eigenvalue weighted by Gasteiger charge is -2.18. The molecule has 4 aromatic rings. The smallest absolute Gasteiger partial charge is 0.196 e. The van der Waals surface area contributed by atoms with E-state index in [-0.39, 0.29) is 5.78 Å². The molecule has 0 N–H and O–H groups in total. The summed E-state index contributed by atoms with van der Waals surface area (Å²) in [5.41, 5.74) is 7.29. The first kappa shape index (κ1) is 22.9. The van der Waals surface area contributed by atoms with Gasteiger partial charge in [-0.1, -0.05) is 61.5 Å². The Balaban J connectivity index is 1.78. The number of aryl methyl sites for hydroxylation is 4. The van der Waals surface area contributed by atoms with Crippen LogP contribution in [-0.4, -0.2) is 31.3 Å². The molecule has 0 fully saturated rings. The third-order valence-corrected chi connectivity index (χ3v) is 6.70. The van der Waals surface area contributed by atoms with Gasteiger partial charge in [0, 0.05) is 23.5 Å². The van der Waals surface area contributed by atoms with E-state index in [0.29, 0.717) is 10.9 Å². The van der Waals surface area contributed by atoms with E-state index in [9.17, 15) is 4.79 Å². The second-order valence-corrected chi connectivity index (χ2v) is 8.99. The van der Waals surface area contributed by atoms with Gasteiger partial charge < -0.3 is 0 Å². The lowest BCUT2D eigenvalue weighted by atomic mass is 10.0. The largest absolute Gasteiger partial charge is 0.293 e. The van der Waals surface area contributed by atoms with Crippen LogP contribution in [0, 0.1) is 13.8 Å². The molecule has 0 aliphatic heterocycles. The van der Waals surface area contributed by atoms with Crippen LogP contribution in [0.15, 0.2) is 66.1 Å². The molecule has 0 saturated carbocycles. The van der Waals surface area contributed by atoms with Gasteiger partial charge in [-0.2, -0.15) is 0 Å². The lowest BCUT2D eigenvalue weighted by molar-refractivity contribution is 0.102. The average Bonchev–Trinajstić information content (AvgIpc) is 3.27. The van der Waals surface area contributed by atoms with Gasteiger partial charge in [0.1, 0.15) is 0 Å². The number of ketones is 1. The van der Waals surface area contributed by atoms with E-state index in [4.69, 9.17) is 0 Å². The highest BCUT2D eigenvalue weighted by Gasteiger charge is 2.21. The van der Waals surface area contributed by atoms with Crippen LogP contribution in [0.3, 0.4) is 0 Å². The monoisotopic (exact) mass is 456 g/mol. The Bertz CT molecular complexity index is 1260. The second kappa shape index (κ2) is 10.1. The van der Waals surface area contributed by atoms with Crippen LogP contribution < -0.4 is 0 Å². The number of pyridine rings is 1. The van der Waals surface area contributed by atoms with E-state index >= 15 is 0 Å². The fraction of sp³-hybridized carbons (Fsp3) is 0.259. The molecule has 0 amide bonds. The van der Waals surface area contributed by atoms with E-state index in [0.717, 1.165) is 46.6 Å². The molecule has 5 nitrogen and oxygen atoms in total. The van der Waals surface area contributed by atoms with Crippen molar-refractivity contribution in [2.45, 2.75) is 45.7 Å². The van der Waals surface area contributed by atoms with E-state index < -0.39 is 0 Å². The molecule has 0 unspecified atom stereocenters. The summed E-state index contributed by atoms with van der Waals surface area (Å²) in [6.07, 6.45) is 5.33. The Morgan fingerprint density at radius 2 is 1.73 bits per heavy atom. The normalized spacial score (nSPS) is 11.0. The zero-order valence-electron chi connectivity index (χ0n) is 19.5. The quantitative estimate of drug-likeness (QED) is 0.239. The number of hydrogen-bond donors (Lipinski definition) is 0. The van der Waals surface area contributed by atoms with Crippen molar-refractivity contribution in [2.24, 2.45) is 0 Å². The number of thioether (sulfide) groups is 1. The van der Waals surface area contributed by atoms with E-state index in [1.54, 1.807) is 12.4 Å². The summed E-state index contributed by atoms with van der Waals surface area (Å²) < 4.78 is 2.11. The van der Waals surface area contributed by atoms with E-state index in [2.05, 4.69) is 51.8 Å². The van der Waals surface area contributed by atoms with Crippen LogP contribution in [0.5, 0.6) is 0 Å². The highest BCUT2D eigenvalue weighted by atomic mass is 32.2. The number of rotatable bonds is 8. The number of carbonyl (C=O) groups excluding carboxylic acids is 1. The third-order valence-electron chi connectivity index (χ3n) is 5.77. The molecule has 6 heteroatoms. The number of para-hydroxylation sites is 1. The number of carbonyl (C=O) groups is 1. The zero-order valence-corrected chi connectivity index (χ0v) is 20.3. The van der Waals surface area contributed by atoms with Crippen molar-refractivity contribution < 1.29 is 4.79 Å². The Morgan fingerprint density at radius 1 is 0.970 bits per heavy atom. The Hall–Kier alpha value is -3.25. The molecule has 0 radical (unpaired) electrons. The van der Waals surface area contributed by atoms with Gasteiger partial charge in [0.2, 0.25) is 0 Å². The number of Topliss-reactive ketones (excluding diaryl/α,β-unsaturated/α-hetero) is 1. The fourth-order valence-electron chi connectivity index (χ4n) is 3.99. The predicted octanol–water partition coefficient (Wildman–Crippen LogP) is 6.05. The Kier molecular flexibility index (Phi) is 7.04. The third kappa shape index (κ3) is 4.76. The van der Waals surface area contributed by atoms with Gasteiger partial charge in [-0.05, 0) is 61.6 Å². The van der Waals surface area contributed by atoms with Crippen molar-refractivity contribution in [3.63, 3.8) is 0 Å². The SMILES string of the molecule is CCc1cccc(CC)c1-n1c(SCC(=O)c2cc(C)ccc2C)nnc1-c1cccnc1. The summed E-state index contributed by atoms with van der Waals surface area (Å²) in [7, 11) is 0. The summed E-state index contributed by atoms with van der Waals surface area (Å²) >= 11 is 1.43. The van der Waals surface area contributed by atoms with Crippen LogP contribution in [0.2, 0.25) is 0 Å². The molecule has 4 rings (SSSR count). The minimum atomic E-state index is 0.0955. The zero-order chi connectivity index (χ0) is 23.4. The fourth-order valence-corrected chi connectivity index (χ4v) is 4.81. The molecule has 0 aliphatic carbocycles. The van der Waals surface area contributed by atoms with Crippen molar-refractivity contribution in [3.05, 3.63) is 88.7 Å². The van der Waals surface area contributed by atoms with Gasteiger partial charge in [0.15, 0.2) is 16.8 Å².